The molecule has 184 valence electrons. The van der Waals surface area contributed by atoms with Crippen molar-refractivity contribution in [2.24, 2.45) is 0 Å². The normalized spacial score (nSPS) is 14.2. The molecule has 1 aromatic heterocycles. The molecule has 0 saturated carbocycles. The summed E-state index contributed by atoms with van der Waals surface area (Å²) in [7, 11) is 0. The van der Waals surface area contributed by atoms with Crippen LogP contribution in [-0.2, 0) is 6.54 Å². The summed E-state index contributed by atoms with van der Waals surface area (Å²) in [4.78, 5) is 22.1. The first-order chi connectivity index (χ1) is 17.5. The topological polar surface area (TPSA) is 48.5 Å². The fourth-order valence-corrected chi connectivity index (χ4v) is 5.14. The molecule has 0 unspecified atom stereocenters. The molecule has 9 heteroatoms. The van der Waals surface area contributed by atoms with Crippen LogP contribution < -0.4 is 4.72 Å². The monoisotopic (exact) mass is 524 g/mol. The Morgan fingerprint density at radius 3 is 2.56 bits per heavy atom. The number of fused-ring (bicyclic) bond motifs is 1. The molecule has 0 radical (unpaired) electrons. The van der Waals surface area contributed by atoms with E-state index in [4.69, 9.17) is 11.6 Å². The number of para-hydroxylation sites is 1. The number of benzene rings is 3. The maximum absolute atomic E-state index is 14.8. The summed E-state index contributed by atoms with van der Waals surface area (Å²) in [6.07, 6.45) is 1.73. The Hall–Kier alpha value is -3.20. The number of nitrogens with one attached hydrogen (secondary N) is 1. The van der Waals surface area contributed by atoms with Crippen LogP contribution >= 0.6 is 23.5 Å². The predicted molar refractivity (Wildman–Crippen MR) is 140 cm³/mol. The molecule has 0 spiro atoms. The average Bonchev–Trinajstić information content (AvgIpc) is 2.89. The van der Waals surface area contributed by atoms with E-state index in [1.54, 1.807) is 35.4 Å². The SMILES string of the molecule is O=C(c1ccc(NSc2cccc3cccnc23)c(F)c1)N1CCN(Cc2ccc(Cl)cc2F)CC1. The molecular weight excluding hydrogens is 502 g/mol. The van der Waals surface area contributed by atoms with Gasteiger partial charge in [-0.3, -0.25) is 14.7 Å². The number of carbonyl (C=O) groups excluding carboxylic acids is 1. The summed E-state index contributed by atoms with van der Waals surface area (Å²) in [6, 6.07) is 18.8. The Kier molecular flexibility index (Phi) is 7.36. The highest BCUT2D eigenvalue weighted by molar-refractivity contribution is 8.00. The van der Waals surface area contributed by atoms with E-state index in [-0.39, 0.29) is 11.7 Å². The average molecular weight is 525 g/mol. The van der Waals surface area contributed by atoms with Crippen molar-refractivity contribution in [2.75, 3.05) is 30.9 Å². The van der Waals surface area contributed by atoms with Crippen molar-refractivity contribution in [3.05, 3.63) is 101 Å². The molecule has 1 N–H and O–H groups in total. The number of amides is 1. The Morgan fingerprint density at radius 1 is 0.972 bits per heavy atom. The highest BCUT2D eigenvalue weighted by Gasteiger charge is 2.23. The third-order valence-electron chi connectivity index (χ3n) is 6.15. The van der Waals surface area contributed by atoms with E-state index in [2.05, 4.69) is 14.6 Å². The van der Waals surface area contributed by atoms with E-state index < -0.39 is 5.82 Å². The molecular formula is C27H23ClF2N4OS. The Morgan fingerprint density at radius 2 is 1.78 bits per heavy atom. The Bertz CT molecular complexity index is 1410. The van der Waals surface area contributed by atoms with E-state index >= 15 is 0 Å². The van der Waals surface area contributed by atoms with Gasteiger partial charge in [-0.15, -0.1) is 0 Å². The van der Waals surface area contributed by atoms with Crippen molar-refractivity contribution in [3.8, 4) is 0 Å². The first-order valence-corrected chi connectivity index (χ1v) is 12.7. The van der Waals surface area contributed by atoms with Gasteiger partial charge in [-0.1, -0.05) is 35.9 Å². The third-order valence-corrected chi connectivity index (χ3v) is 7.26. The molecule has 36 heavy (non-hydrogen) atoms. The zero-order valence-corrected chi connectivity index (χ0v) is 20.8. The van der Waals surface area contributed by atoms with Crippen LogP contribution in [0, 0.1) is 11.6 Å². The van der Waals surface area contributed by atoms with Gasteiger partial charge in [0.2, 0.25) is 0 Å². The van der Waals surface area contributed by atoms with Crippen molar-refractivity contribution < 1.29 is 13.6 Å². The van der Waals surface area contributed by atoms with Crippen molar-refractivity contribution in [2.45, 2.75) is 11.4 Å². The number of hydrogen-bond donors (Lipinski definition) is 1. The molecule has 1 aliphatic rings. The highest BCUT2D eigenvalue weighted by atomic mass is 35.5. The second kappa shape index (κ2) is 10.8. The van der Waals surface area contributed by atoms with Gasteiger partial charge < -0.3 is 9.62 Å². The van der Waals surface area contributed by atoms with E-state index in [1.165, 1.54) is 24.1 Å². The van der Waals surface area contributed by atoms with Crippen LogP contribution in [0.2, 0.25) is 5.02 Å². The maximum atomic E-state index is 14.8. The van der Waals surface area contributed by atoms with Crippen molar-refractivity contribution in [1.82, 2.24) is 14.8 Å². The summed E-state index contributed by atoms with van der Waals surface area (Å²) < 4.78 is 32.0. The molecule has 4 aromatic rings. The second-order valence-electron chi connectivity index (χ2n) is 8.53. The minimum atomic E-state index is -0.501. The van der Waals surface area contributed by atoms with Crippen LogP contribution in [0.15, 0.2) is 77.8 Å². The lowest BCUT2D eigenvalue weighted by Crippen LogP contribution is -2.48. The quantitative estimate of drug-likeness (QED) is 0.302. The van der Waals surface area contributed by atoms with Crippen molar-refractivity contribution in [1.29, 1.82) is 0 Å². The molecule has 2 heterocycles. The Labute approximate surface area is 217 Å². The summed E-state index contributed by atoms with van der Waals surface area (Å²) in [6.45, 7) is 2.63. The molecule has 3 aromatic carbocycles. The fourth-order valence-electron chi connectivity index (χ4n) is 4.18. The lowest BCUT2D eigenvalue weighted by molar-refractivity contribution is 0.0626. The number of rotatable bonds is 6. The fraction of sp³-hybridized carbons (Fsp3) is 0.185. The minimum Gasteiger partial charge on any atom is -0.336 e. The standard InChI is InChI=1S/C27H23ClF2N4OS/c28-21-8-6-20(22(29)16-21)17-33-11-13-34(14-12-33)27(35)19-7-9-24(23(30)15-19)32-36-25-5-1-3-18-4-2-10-31-26(18)25/h1-10,15-16,32H,11-14,17H2. The summed E-state index contributed by atoms with van der Waals surface area (Å²) in [5.41, 5.74) is 2.00. The van der Waals surface area contributed by atoms with Crippen LogP contribution in [0.1, 0.15) is 15.9 Å². The van der Waals surface area contributed by atoms with Crippen LogP contribution in [-0.4, -0.2) is 46.9 Å². The zero-order chi connectivity index (χ0) is 25.1. The van der Waals surface area contributed by atoms with Gasteiger partial charge in [0.15, 0.2) is 0 Å². The number of halogens is 3. The first-order valence-electron chi connectivity index (χ1n) is 11.5. The first kappa shape index (κ1) is 24.5. The highest BCUT2D eigenvalue weighted by Crippen LogP contribution is 2.29. The van der Waals surface area contributed by atoms with Gasteiger partial charge in [-0.25, -0.2) is 8.78 Å². The Balaban J connectivity index is 1.18. The van der Waals surface area contributed by atoms with Crippen molar-refractivity contribution >= 4 is 46.0 Å². The van der Waals surface area contributed by atoms with E-state index in [0.29, 0.717) is 54.6 Å². The molecule has 5 rings (SSSR count). The maximum Gasteiger partial charge on any atom is 0.254 e. The summed E-state index contributed by atoms with van der Waals surface area (Å²) in [5.74, 6) is -1.05. The number of piperazine rings is 1. The summed E-state index contributed by atoms with van der Waals surface area (Å²) in [5, 5.41) is 1.37. The van der Waals surface area contributed by atoms with Crippen LogP contribution in [0.4, 0.5) is 14.5 Å². The smallest absolute Gasteiger partial charge is 0.254 e. The number of carbonyl (C=O) groups is 1. The number of aromatic nitrogens is 1. The van der Waals surface area contributed by atoms with Gasteiger partial charge in [0.05, 0.1) is 16.1 Å². The van der Waals surface area contributed by atoms with Crippen molar-refractivity contribution in [3.63, 3.8) is 0 Å². The van der Waals surface area contributed by atoms with Gasteiger partial charge in [0.25, 0.3) is 5.91 Å². The van der Waals surface area contributed by atoms with Crippen LogP contribution in [0.25, 0.3) is 10.9 Å². The second-order valence-corrected chi connectivity index (χ2v) is 9.82. The molecule has 0 atom stereocenters. The number of nitrogens with zero attached hydrogens (tertiary/aromatic N) is 3. The number of hydrogen-bond acceptors (Lipinski definition) is 5. The van der Waals surface area contributed by atoms with E-state index in [1.807, 2.05) is 30.3 Å². The summed E-state index contributed by atoms with van der Waals surface area (Å²) >= 11 is 7.10. The van der Waals surface area contributed by atoms with Gasteiger partial charge >= 0.3 is 0 Å². The minimum absolute atomic E-state index is 0.219. The predicted octanol–water partition coefficient (Wildman–Crippen LogP) is 6.24. The largest absolute Gasteiger partial charge is 0.336 e. The van der Waals surface area contributed by atoms with Gasteiger partial charge in [-0.05, 0) is 54.4 Å². The van der Waals surface area contributed by atoms with E-state index in [0.717, 1.165) is 15.8 Å². The third kappa shape index (κ3) is 5.46. The molecule has 1 fully saturated rings. The van der Waals surface area contributed by atoms with Crippen LogP contribution in [0.3, 0.4) is 0 Å². The van der Waals surface area contributed by atoms with Crippen LogP contribution in [0.5, 0.6) is 0 Å². The molecule has 5 nitrogen and oxygen atoms in total. The molecule has 1 aliphatic heterocycles. The molecule has 0 bridgehead atoms. The lowest BCUT2D eigenvalue weighted by atomic mass is 10.1. The molecule has 1 amide bonds. The lowest BCUT2D eigenvalue weighted by Gasteiger charge is -2.35. The van der Waals surface area contributed by atoms with Gasteiger partial charge in [0.1, 0.15) is 11.6 Å². The molecule has 1 saturated heterocycles. The van der Waals surface area contributed by atoms with E-state index in [9.17, 15) is 13.6 Å². The van der Waals surface area contributed by atoms with Gasteiger partial charge in [-0.2, -0.15) is 0 Å². The van der Waals surface area contributed by atoms with Gasteiger partial charge in [0, 0.05) is 60.5 Å². The number of pyridine rings is 1. The zero-order valence-electron chi connectivity index (χ0n) is 19.3. The number of anilines is 1. The molecule has 0 aliphatic carbocycles.